The summed E-state index contributed by atoms with van der Waals surface area (Å²) in [5.74, 6) is -2.43. The first kappa shape index (κ1) is 18.0. The number of nitrogens with zero attached hydrogens (tertiary/aromatic N) is 3. The van der Waals surface area contributed by atoms with Crippen LogP contribution in [0, 0.1) is 18.6 Å². The topological polar surface area (TPSA) is 57.0 Å². The lowest BCUT2D eigenvalue weighted by Gasteiger charge is -2.16. The normalized spacial score (nSPS) is 12.0. The van der Waals surface area contributed by atoms with E-state index in [4.69, 9.17) is 16.3 Å². The van der Waals surface area contributed by atoms with Gasteiger partial charge in [-0.25, -0.2) is 18.3 Å². The molecule has 1 aromatic carbocycles. The van der Waals surface area contributed by atoms with Gasteiger partial charge in [0.15, 0.2) is 11.6 Å². The number of aromatic nitrogens is 3. The van der Waals surface area contributed by atoms with Crippen LogP contribution >= 0.6 is 11.6 Å². The van der Waals surface area contributed by atoms with Crippen LogP contribution in [0.5, 0.6) is 5.88 Å². The van der Waals surface area contributed by atoms with E-state index < -0.39 is 23.6 Å². The number of rotatable bonds is 4. The van der Waals surface area contributed by atoms with Gasteiger partial charge in [-0.3, -0.25) is 4.98 Å². The van der Waals surface area contributed by atoms with Gasteiger partial charge in [0.05, 0.1) is 22.3 Å². The third kappa shape index (κ3) is 3.57. The van der Waals surface area contributed by atoms with Crippen LogP contribution in [0.4, 0.5) is 8.78 Å². The zero-order valence-electron chi connectivity index (χ0n) is 13.9. The summed E-state index contributed by atoms with van der Waals surface area (Å²) in [6, 6.07) is 6.12. The molecule has 3 aromatic rings. The summed E-state index contributed by atoms with van der Waals surface area (Å²) in [6.45, 7) is 3.45. The Balaban J connectivity index is 1.91. The molecule has 0 bridgehead atoms. The molecule has 0 spiro atoms. The second-order valence-corrected chi connectivity index (χ2v) is 6.07. The molecule has 1 atom stereocenters. The number of halogens is 3. The Labute approximate surface area is 153 Å². The molecule has 0 saturated heterocycles. The molecular weight excluding hydrogens is 364 g/mol. The predicted octanol–water partition coefficient (Wildman–Crippen LogP) is 4.35. The molecule has 0 radical (unpaired) electrons. The van der Waals surface area contributed by atoms with Gasteiger partial charge in [0, 0.05) is 18.5 Å². The van der Waals surface area contributed by atoms with Crippen molar-refractivity contribution in [1.82, 2.24) is 14.8 Å². The lowest BCUT2D eigenvalue weighted by Crippen LogP contribution is -2.16. The van der Waals surface area contributed by atoms with E-state index in [-0.39, 0.29) is 16.5 Å². The SMILES string of the molecule is Cc1cc(OC(=O)c2cnccc2Cl)n(C(C)c2ccc(F)c(F)c2)n1. The summed E-state index contributed by atoms with van der Waals surface area (Å²) < 4.78 is 33.5. The second kappa shape index (κ2) is 7.21. The lowest BCUT2D eigenvalue weighted by molar-refractivity contribution is 0.0716. The molecular formula is C18H14ClF2N3O2. The molecule has 2 heterocycles. The van der Waals surface area contributed by atoms with Gasteiger partial charge in [-0.05, 0) is 37.6 Å². The number of carbonyl (C=O) groups excluding carboxylic acids is 1. The van der Waals surface area contributed by atoms with Gasteiger partial charge >= 0.3 is 5.97 Å². The van der Waals surface area contributed by atoms with Crippen LogP contribution < -0.4 is 4.74 Å². The number of pyridine rings is 1. The highest BCUT2D eigenvalue weighted by molar-refractivity contribution is 6.33. The highest BCUT2D eigenvalue weighted by atomic mass is 35.5. The fourth-order valence-electron chi connectivity index (χ4n) is 2.44. The third-order valence-electron chi connectivity index (χ3n) is 3.80. The number of benzene rings is 1. The van der Waals surface area contributed by atoms with E-state index in [0.717, 1.165) is 12.1 Å². The molecule has 1 unspecified atom stereocenters. The van der Waals surface area contributed by atoms with Crippen molar-refractivity contribution in [3.63, 3.8) is 0 Å². The minimum absolute atomic E-state index is 0.111. The van der Waals surface area contributed by atoms with E-state index in [2.05, 4.69) is 10.1 Å². The summed E-state index contributed by atoms with van der Waals surface area (Å²) in [5.41, 5.74) is 1.18. The molecule has 0 aliphatic carbocycles. The fraction of sp³-hybridized carbons (Fsp3) is 0.167. The van der Waals surface area contributed by atoms with Crippen LogP contribution in [0.15, 0.2) is 42.7 Å². The third-order valence-corrected chi connectivity index (χ3v) is 4.13. The van der Waals surface area contributed by atoms with Gasteiger partial charge in [0.1, 0.15) is 0 Å². The molecule has 0 fully saturated rings. The molecule has 5 nitrogen and oxygen atoms in total. The maximum Gasteiger partial charge on any atom is 0.347 e. The molecule has 0 aliphatic rings. The molecule has 0 N–H and O–H groups in total. The van der Waals surface area contributed by atoms with Crippen LogP contribution in [0.25, 0.3) is 0 Å². The first-order valence-electron chi connectivity index (χ1n) is 7.69. The molecule has 0 aliphatic heterocycles. The van der Waals surface area contributed by atoms with Crippen molar-refractivity contribution in [3.8, 4) is 5.88 Å². The van der Waals surface area contributed by atoms with Crippen LogP contribution in [0.3, 0.4) is 0 Å². The summed E-state index contributed by atoms with van der Waals surface area (Å²) in [6.07, 6.45) is 2.76. The zero-order chi connectivity index (χ0) is 18.8. The minimum Gasteiger partial charge on any atom is -0.404 e. The summed E-state index contributed by atoms with van der Waals surface area (Å²) >= 11 is 5.98. The van der Waals surface area contributed by atoms with Crippen LogP contribution in [-0.4, -0.2) is 20.7 Å². The van der Waals surface area contributed by atoms with Crippen molar-refractivity contribution in [2.45, 2.75) is 19.9 Å². The zero-order valence-corrected chi connectivity index (χ0v) is 14.7. The standard InChI is InChI=1S/C18H14ClF2N3O2/c1-10-7-17(26-18(25)13-9-22-6-5-14(13)19)24(23-10)11(2)12-3-4-15(20)16(21)8-12/h3-9,11H,1-2H3. The average Bonchev–Trinajstić information content (AvgIpc) is 2.97. The Morgan fingerprint density at radius 3 is 2.69 bits per heavy atom. The summed E-state index contributed by atoms with van der Waals surface area (Å²) in [4.78, 5) is 16.2. The number of hydrogen-bond acceptors (Lipinski definition) is 4. The Morgan fingerprint density at radius 1 is 1.23 bits per heavy atom. The number of esters is 1. The number of aryl methyl sites for hydroxylation is 1. The van der Waals surface area contributed by atoms with E-state index in [9.17, 15) is 13.6 Å². The molecule has 8 heteroatoms. The van der Waals surface area contributed by atoms with Crippen molar-refractivity contribution >= 4 is 17.6 Å². The fourth-order valence-corrected chi connectivity index (χ4v) is 2.62. The molecule has 134 valence electrons. The van der Waals surface area contributed by atoms with Crippen molar-refractivity contribution in [2.24, 2.45) is 0 Å². The maximum atomic E-state index is 13.5. The van der Waals surface area contributed by atoms with Gasteiger partial charge in [0.25, 0.3) is 0 Å². The van der Waals surface area contributed by atoms with Gasteiger partial charge in [0.2, 0.25) is 5.88 Å². The van der Waals surface area contributed by atoms with Gasteiger partial charge < -0.3 is 4.74 Å². The Hall–Kier alpha value is -2.80. The highest BCUT2D eigenvalue weighted by Gasteiger charge is 2.20. The van der Waals surface area contributed by atoms with Gasteiger partial charge in [-0.1, -0.05) is 17.7 Å². The molecule has 2 aromatic heterocycles. The Bertz CT molecular complexity index is 975. The molecule has 3 rings (SSSR count). The molecule has 0 saturated carbocycles. The quantitative estimate of drug-likeness (QED) is 0.634. The van der Waals surface area contributed by atoms with Gasteiger partial charge in [-0.15, -0.1) is 0 Å². The first-order chi connectivity index (χ1) is 12.4. The van der Waals surface area contributed by atoms with Crippen molar-refractivity contribution in [1.29, 1.82) is 0 Å². The van der Waals surface area contributed by atoms with E-state index in [0.29, 0.717) is 11.3 Å². The van der Waals surface area contributed by atoms with Crippen molar-refractivity contribution in [2.75, 3.05) is 0 Å². The number of carbonyl (C=O) groups is 1. The predicted molar refractivity (Wildman–Crippen MR) is 91.3 cm³/mol. The van der Waals surface area contributed by atoms with E-state index in [1.165, 1.54) is 29.2 Å². The van der Waals surface area contributed by atoms with Crippen LogP contribution in [-0.2, 0) is 0 Å². The van der Waals surface area contributed by atoms with E-state index in [1.54, 1.807) is 19.9 Å². The largest absolute Gasteiger partial charge is 0.404 e. The van der Waals surface area contributed by atoms with Crippen LogP contribution in [0.1, 0.15) is 34.6 Å². The van der Waals surface area contributed by atoms with E-state index in [1.807, 2.05) is 0 Å². The monoisotopic (exact) mass is 377 g/mol. The summed E-state index contributed by atoms with van der Waals surface area (Å²) in [5, 5.41) is 4.49. The first-order valence-corrected chi connectivity index (χ1v) is 8.07. The number of ether oxygens (including phenoxy) is 1. The van der Waals surface area contributed by atoms with Gasteiger partial charge in [-0.2, -0.15) is 5.10 Å². The summed E-state index contributed by atoms with van der Waals surface area (Å²) in [7, 11) is 0. The Kier molecular flexibility index (Phi) is 4.99. The average molecular weight is 378 g/mol. The molecule has 26 heavy (non-hydrogen) atoms. The van der Waals surface area contributed by atoms with Crippen LogP contribution in [0.2, 0.25) is 5.02 Å². The van der Waals surface area contributed by atoms with E-state index >= 15 is 0 Å². The Morgan fingerprint density at radius 2 is 2.00 bits per heavy atom. The minimum atomic E-state index is -0.959. The van der Waals surface area contributed by atoms with Crippen molar-refractivity contribution in [3.05, 3.63) is 76.2 Å². The maximum absolute atomic E-state index is 13.5. The smallest absolute Gasteiger partial charge is 0.347 e. The second-order valence-electron chi connectivity index (χ2n) is 5.66. The highest BCUT2D eigenvalue weighted by Crippen LogP contribution is 2.26. The number of hydrogen-bond donors (Lipinski definition) is 0. The lowest BCUT2D eigenvalue weighted by atomic mass is 10.1. The molecule has 0 amide bonds. The van der Waals surface area contributed by atoms with Crippen molar-refractivity contribution < 1.29 is 18.3 Å².